The van der Waals surface area contributed by atoms with Gasteiger partial charge < -0.3 is 15.2 Å². The molecular weight excluding hydrogens is 412 g/mol. The molecule has 0 fully saturated rings. The lowest BCUT2D eigenvalue weighted by molar-refractivity contribution is 0.0938. The van der Waals surface area contributed by atoms with Gasteiger partial charge in [0.25, 0.3) is 5.91 Å². The number of hydrogen-bond acceptors (Lipinski definition) is 5. The lowest BCUT2D eigenvalue weighted by atomic mass is 10.1. The molecule has 3 aromatic rings. The molecule has 2 aromatic carbocycles. The van der Waals surface area contributed by atoms with E-state index in [4.69, 9.17) is 4.74 Å². The number of ether oxygens (including phenoxy) is 1. The Morgan fingerprint density at radius 1 is 1.30 bits per heavy atom. The fraction of sp³-hybridized carbons (Fsp3) is 0.211. The zero-order valence-electron chi connectivity index (χ0n) is 14.7. The Morgan fingerprint density at radius 2 is 2.07 bits per heavy atom. The fourth-order valence-corrected chi connectivity index (χ4v) is 2.95. The molecule has 1 heterocycles. The van der Waals surface area contributed by atoms with E-state index in [2.05, 4.69) is 31.3 Å². The molecule has 0 aliphatic heterocycles. The van der Waals surface area contributed by atoms with Crippen LogP contribution < -0.4 is 10.1 Å². The Balaban J connectivity index is 1.57. The summed E-state index contributed by atoms with van der Waals surface area (Å²) in [6, 6.07) is 14.8. The minimum atomic E-state index is -0.768. The van der Waals surface area contributed by atoms with E-state index in [1.165, 1.54) is 11.0 Å². The zero-order chi connectivity index (χ0) is 19.2. The van der Waals surface area contributed by atoms with Crippen molar-refractivity contribution in [3.05, 3.63) is 76.3 Å². The molecule has 3 rings (SSSR count). The Hall–Kier alpha value is -2.71. The van der Waals surface area contributed by atoms with Crippen LogP contribution >= 0.6 is 15.9 Å². The number of carbonyl (C=O) groups is 1. The third-order valence-electron chi connectivity index (χ3n) is 3.94. The van der Waals surface area contributed by atoms with E-state index in [-0.39, 0.29) is 18.3 Å². The number of rotatable bonds is 7. The summed E-state index contributed by atoms with van der Waals surface area (Å²) in [6.45, 7) is 0.569. The number of aliphatic hydroxyl groups is 1. The molecule has 1 atom stereocenters. The van der Waals surface area contributed by atoms with Gasteiger partial charge in [0.1, 0.15) is 12.1 Å². The molecule has 27 heavy (non-hydrogen) atoms. The van der Waals surface area contributed by atoms with Crippen molar-refractivity contribution in [1.82, 2.24) is 20.1 Å². The van der Waals surface area contributed by atoms with Crippen LogP contribution in [0.25, 0.3) is 0 Å². The number of hydrogen-bond donors (Lipinski definition) is 2. The molecule has 1 unspecified atom stereocenters. The highest BCUT2D eigenvalue weighted by atomic mass is 79.9. The van der Waals surface area contributed by atoms with Crippen molar-refractivity contribution in [2.45, 2.75) is 19.2 Å². The summed E-state index contributed by atoms with van der Waals surface area (Å²) in [4.78, 5) is 16.2. The molecule has 0 saturated carbocycles. The first-order chi connectivity index (χ1) is 13.0. The largest absolute Gasteiger partial charge is 0.497 e. The Morgan fingerprint density at radius 3 is 2.78 bits per heavy atom. The van der Waals surface area contributed by atoms with Gasteiger partial charge in [-0.25, -0.2) is 9.67 Å². The number of aliphatic hydroxyl groups excluding tert-OH is 1. The fourth-order valence-electron chi connectivity index (χ4n) is 2.50. The summed E-state index contributed by atoms with van der Waals surface area (Å²) < 4.78 is 7.50. The second-order valence-electron chi connectivity index (χ2n) is 5.89. The standard InChI is InChI=1S/C19H19BrN4O3/c1-27-16-7-5-14(6-8-16)17(25)11-24-12-22-18(23-24)19(26)21-10-13-3-2-4-15(20)9-13/h2-9,12,17,25H,10-11H2,1H3,(H,21,26). The second-order valence-corrected chi connectivity index (χ2v) is 6.81. The maximum absolute atomic E-state index is 12.2. The summed E-state index contributed by atoms with van der Waals surface area (Å²) in [5, 5.41) is 17.2. The lowest BCUT2D eigenvalue weighted by Gasteiger charge is -2.11. The van der Waals surface area contributed by atoms with Crippen LogP contribution in [0.2, 0.25) is 0 Å². The number of amides is 1. The maximum Gasteiger partial charge on any atom is 0.291 e. The van der Waals surface area contributed by atoms with Gasteiger partial charge in [-0.15, -0.1) is 5.10 Å². The van der Waals surface area contributed by atoms with E-state index in [1.807, 2.05) is 24.3 Å². The van der Waals surface area contributed by atoms with Gasteiger partial charge in [0.15, 0.2) is 0 Å². The zero-order valence-corrected chi connectivity index (χ0v) is 16.3. The number of halogens is 1. The van der Waals surface area contributed by atoms with E-state index in [1.54, 1.807) is 31.4 Å². The van der Waals surface area contributed by atoms with Crippen molar-refractivity contribution in [3.8, 4) is 5.75 Å². The van der Waals surface area contributed by atoms with Crippen molar-refractivity contribution in [2.75, 3.05) is 7.11 Å². The number of nitrogens with zero attached hydrogens (tertiary/aromatic N) is 3. The van der Waals surface area contributed by atoms with Crippen LogP contribution in [-0.2, 0) is 13.1 Å². The SMILES string of the molecule is COc1ccc(C(O)Cn2cnc(C(=O)NCc3cccc(Br)c3)n2)cc1. The van der Waals surface area contributed by atoms with E-state index in [0.29, 0.717) is 6.54 Å². The molecule has 0 aliphatic rings. The molecule has 140 valence electrons. The highest BCUT2D eigenvalue weighted by molar-refractivity contribution is 9.10. The maximum atomic E-state index is 12.2. The summed E-state index contributed by atoms with van der Waals surface area (Å²) in [7, 11) is 1.59. The van der Waals surface area contributed by atoms with Crippen LogP contribution in [0.15, 0.2) is 59.3 Å². The molecule has 0 saturated heterocycles. The first-order valence-electron chi connectivity index (χ1n) is 8.29. The van der Waals surface area contributed by atoms with Gasteiger partial charge in [0, 0.05) is 11.0 Å². The number of nitrogens with one attached hydrogen (secondary N) is 1. The average Bonchev–Trinajstić information content (AvgIpc) is 3.15. The predicted octanol–water partition coefficient (Wildman–Crippen LogP) is 2.71. The predicted molar refractivity (Wildman–Crippen MR) is 103 cm³/mol. The van der Waals surface area contributed by atoms with Crippen LogP contribution in [0.1, 0.15) is 27.8 Å². The Bertz CT molecular complexity index is 911. The quantitative estimate of drug-likeness (QED) is 0.601. The van der Waals surface area contributed by atoms with Crippen molar-refractivity contribution in [1.29, 1.82) is 0 Å². The molecule has 1 amide bonds. The van der Waals surface area contributed by atoms with Gasteiger partial charge in [-0.1, -0.05) is 40.2 Å². The van der Waals surface area contributed by atoms with Gasteiger partial charge in [-0.2, -0.15) is 0 Å². The van der Waals surface area contributed by atoms with E-state index >= 15 is 0 Å². The number of carbonyl (C=O) groups excluding carboxylic acids is 1. The summed E-state index contributed by atoms with van der Waals surface area (Å²) in [5.74, 6) is 0.413. The van der Waals surface area contributed by atoms with Crippen LogP contribution in [0, 0.1) is 0 Å². The lowest BCUT2D eigenvalue weighted by Crippen LogP contribution is -2.24. The number of benzene rings is 2. The summed E-state index contributed by atoms with van der Waals surface area (Å²) in [5.41, 5.74) is 1.69. The monoisotopic (exact) mass is 430 g/mol. The first kappa shape index (κ1) is 19.1. The van der Waals surface area contributed by atoms with E-state index in [0.717, 1.165) is 21.3 Å². The Labute approximate surface area is 165 Å². The van der Waals surface area contributed by atoms with Gasteiger partial charge in [-0.05, 0) is 35.4 Å². The van der Waals surface area contributed by atoms with Gasteiger partial charge >= 0.3 is 0 Å². The van der Waals surface area contributed by atoms with Crippen LogP contribution in [0.5, 0.6) is 5.75 Å². The third-order valence-corrected chi connectivity index (χ3v) is 4.44. The van der Waals surface area contributed by atoms with E-state index < -0.39 is 6.10 Å². The first-order valence-corrected chi connectivity index (χ1v) is 9.08. The van der Waals surface area contributed by atoms with Crippen molar-refractivity contribution in [3.63, 3.8) is 0 Å². The highest BCUT2D eigenvalue weighted by Crippen LogP contribution is 2.18. The number of aromatic nitrogens is 3. The minimum Gasteiger partial charge on any atom is -0.497 e. The van der Waals surface area contributed by atoms with Crippen molar-refractivity contribution < 1.29 is 14.6 Å². The molecule has 8 heteroatoms. The molecule has 0 bridgehead atoms. The highest BCUT2D eigenvalue weighted by Gasteiger charge is 2.14. The molecule has 7 nitrogen and oxygen atoms in total. The van der Waals surface area contributed by atoms with Gasteiger partial charge in [0.05, 0.1) is 19.8 Å². The summed E-state index contributed by atoms with van der Waals surface area (Å²) >= 11 is 3.40. The molecule has 0 radical (unpaired) electrons. The molecule has 0 spiro atoms. The molecule has 0 aliphatic carbocycles. The molecule has 1 aromatic heterocycles. The third kappa shape index (κ3) is 5.15. The van der Waals surface area contributed by atoms with Crippen LogP contribution in [-0.4, -0.2) is 32.9 Å². The van der Waals surface area contributed by atoms with Gasteiger partial charge in [-0.3, -0.25) is 4.79 Å². The van der Waals surface area contributed by atoms with Crippen LogP contribution in [0.3, 0.4) is 0 Å². The smallest absolute Gasteiger partial charge is 0.291 e. The molecule has 2 N–H and O–H groups in total. The summed E-state index contributed by atoms with van der Waals surface area (Å²) in [6.07, 6.45) is 0.663. The Kier molecular flexibility index (Phi) is 6.20. The van der Waals surface area contributed by atoms with Crippen LogP contribution in [0.4, 0.5) is 0 Å². The van der Waals surface area contributed by atoms with E-state index in [9.17, 15) is 9.90 Å². The second kappa shape index (κ2) is 8.79. The average molecular weight is 431 g/mol. The number of methoxy groups -OCH3 is 1. The minimum absolute atomic E-state index is 0.0620. The van der Waals surface area contributed by atoms with Crippen molar-refractivity contribution >= 4 is 21.8 Å². The molecular formula is C19H19BrN4O3. The topological polar surface area (TPSA) is 89.3 Å². The van der Waals surface area contributed by atoms with Crippen molar-refractivity contribution in [2.24, 2.45) is 0 Å². The van der Waals surface area contributed by atoms with Gasteiger partial charge in [0.2, 0.25) is 5.82 Å². The normalized spacial score (nSPS) is 11.8.